The van der Waals surface area contributed by atoms with Crippen molar-refractivity contribution in [1.82, 2.24) is 10.6 Å². The molecular formula is C15H24N4O8. The molecule has 2 amide bonds. The molecule has 0 radical (unpaired) electrons. The first-order valence-corrected chi connectivity index (χ1v) is 7.81. The molecule has 0 rings (SSSR count). The Kier molecular flexibility index (Phi) is 9.40. The summed E-state index contributed by atoms with van der Waals surface area (Å²) in [5, 5.41) is 59.0. The average molecular weight is 388 g/mol. The molecule has 12 heteroatoms. The fourth-order valence-corrected chi connectivity index (χ4v) is 2.46. The highest BCUT2D eigenvalue weighted by Gasteiger charge is 2.41. The van der Waals surface area contributed by atoms with Crippen LogP contribution in [-0.2, 0) is 19.2 Å². The van der Waals surface area contributed by atoms with Crippen LogP contribution in [0.15, 0.2) is 0 Å². The molecule has 0 aliphatic heterocycles. The molecule has 0 aliphatic carbocycles. The van der Waals surface area contributed by atoms with Crippen molar-refractivity contribution < 1.29 is 39.6 Å². The summed E-state index contributed by atoms with van der Waals surface area (Å²) in [5.41, 5.74) is 0. The van der Waals surface area contributed by atoms with Crippen molar-refractivity contribution in [3.63, 3.8) is 0 Å². The number of Topliss-reactive ketones (excluding diaryl/α,β-unsaturated/α-hetero) is 1. The molecule has 0 fully saturated rings. The summed E-state index contributed by atoms with van der Waals surface area (Å²) in [6, 6.07) is 0. The topological polar surface area (TPSA) is 221 Å². The van der Waals surface area contributed by atoms with Gasteiger partial charge in [-0.05, 0) is 6.92 Å². The van der Waals surface area contributed by atoms with Gasteiger partial charge in [-0.15, -0.1) is 0 Å². The van der Waals surface area contributed by atoms with Gasteiger partial charge in [0.05, 0.1) is 30.1 Å². The highest BCUT2D eigenvalue weighted by atomic mass is 16.4. The van der Waals surface area contributed by atoms with Gasteiger partial charge in [0.1, 0.15) is 11.7 Å². The molecule has 152 valence electrons. The van der Waals surface area contributed by atoms with Crippen molar-refractivity contribution in [2.45, 2.75) is 45.5 Å². The maximum absolute atomic E-state index is 11.4. The number of ketones is 1. The summed E-state index contributed by atoms with van der Waals surface area (Å²) in [5.74, 6) is -9.27. The number of carboxylic acid groups (broad SMARTS) is 1. The van der Waals surface area contributed by atoms with Gasteiger partial charge in [-0.2, -0.15) is 0 Å². The monoisotopic (exact) mass is 388 g/mol. The maximum atomic E-state index is 11.4. The molecule has 0 spiro atoms. The van der Waals surface area contributed by atoms with Gasteiger partial charge in [-0.25, -0.2) is 4.79 Å². The predicted molar refractivity (Wildman–Crippen MR) is 91.0 cm³/mol. The van der Waals surface area contributed by atoms with Crippen molar-refractivity contribution in [3.05, 3.63) is 0 Å². The Balaban J connectivity index is 5.84. The lowest BCUT2D eigenvalue weighted by Gasteiger charge is -2.34. The second-order valence-corrected chi connectivity index (χ2v) is 5.97. The van der Waals surface area contributed by atoms with E-state index in [1.165, 1.54) is 6.92 Å². The summed E-state index contributed by atoms with van der Waals surface area (Å²) in [7, 11) is 0. The Labute approximate surface area is 154 Å². The number of aliphatic carboxylic acids is 1. The second-order valence-electron chi connectivity index (χ2n) is 5.97. The minimum Gasteiger partial charge on any atom is -0.475 e. The SMILES string of the molecule is CC(=O)NC(=N)[C@H]([C@H](O)[C@@H](C(=N)NC(C)=O)[C@@H](O)CC(=O)C(=O)O)[C@H](C)O. The summed E-state index contributed by atoms with van der Waals surface area (Å²) in [6.45, 7) is 3.30. The number of rotatable bonds is 9. The number of aliphatic hydroxyl groups excluding tert-OH is 3. The third-order valence-electron chi connectivity index (χ3n) is 3.59. The van der Waals surface area contributed by atoms with Crippen molar-refractivity contribution in [3.8, 4) is 0 Å². The van der Waals surface area contributed by atoms with E-state index >= 15 is 0 Å². The van der Waals surface area contributed by atoms with Crippen molar-refractivity contribution >= 4 is 35.2 Å². The van der Waals surface area contributed by atoms with Gasteiger partial charge in [0, 0.05) is 20.3 Å². The van der Waals surface area contributed by atoms with Gasteiger partial charge in [-0.1, -0.05) is 0 Å². The maximum Gasteiger partial charge on any atom is 0.372 e. The number of carbonyl (C=O) groups is 4. The number of aliphatic hydroxyl groups is 3. The van der Waals surface area contributed by atoms with Gasteiger partial charge < -0.3 is 31.1 Å². The molecule has 0 saturated heterocycles. The summed E-state index contributed by atoms with van der Waals surface area (Å²) < 4.78 is 0. The third kappa shape index (κ3) is 7.60. The first-order chi connectivity index (χ1) is 12.3. The largest absolute Gasteiger partial charge is 0.475 e. The highest BCUT2D eigenvalue weighted by Crippen LogP contribution is 2.23. The normalized spacial score (nSPS) is 16.2. The van der Waals surface area contributed by atoms with Gasteiger partial charge >= 0.3 is 5.97 Å². The number of carbonyl (C=O) groups excluding carboxylic acids is 3. The number of nitrogens with one attached hydrogen (secondary N) is 4. The first-order valence-electron chi connectivity index (χ1n) is 7.81. The van der Waals surface area contributed by atoms with Crippen molar-refractivity contribution in [1.29, 1.82) is 10.8 Å². The molecule has 12 nitrogen and oxygen atoms in total. The molecule has 0 bridgehead atoms. The molecule has 0 aromatic carbocycles. The molecule has 0 unspecified atom stereocenters. The standard InChI is InChI=1S/C15H24N4O8/c1-5(20)10(13(16)18-6(2)21)12(25)11(14(17)19-7(3)22)8(23)4-9(24)15(26)27/h5,8,10-12,20,23,25H,4H2,1-3H3,(H,26,27)(H2,16,18,21)(H2,17,19,22)/t5-,8-,10-,11-,12-/m0/s1. The molecule has 0 heterocycles. The fourth-order valence-electron chi connectivity index (χ4n) is 2.46. The number of amides is 2. The Bertz CT molecular complexity index is 633. The molecular weight excluding hydrogens is 364 g/mol. The van der Waals surface area contributed by atoms with Crippen LogP contribution in [0.5, 0.6) is 0 Å². The Morgan fingerprint density at radius 1 is 0.889 bits per heavy atom. The van der Waals surface area contributed by atoms with E-state index in [0.29, 0.717) is 0 Å². The van der Waals surface area contributed by atoms with Crippen LogP contribution in [0.3, 0.4) is 0 Å². The van der Waals surface area contributed by atoms with E-state index in [0.717, 1.165) is 13.8 Å². The zero-order valence-electron chi connectivity index (χ0n) is 15.0. The minimum absolute atomic E-state index is 0.623. The highest BCUT2D eigenvalue weighted by molar-refractivity contribution is 6.32. The lowest BCUT2D eigenvalue weighted by Crippen LogP contribution is -2.54. The average Bonchev–Trinajstić information content (AvgIpc) is 2.44. The Morgan fingerprint density at radius 2 is 1.30 bits per heavy atom. The molecule has 0 aliphatic rings. The van der Waals surface area contributed by atoms with E-state index in [-0.39, 0.29) is 0 Å². The van der Waals surface area contributed by atoms with E-state index in [4.69, 9.17) is 15.9 Å². The van der Waals surface area contributed by atoms with E-state index in [2.05, 4.69) is 5.32 Å². The number of hydrogen-bond donors (Lipinski definition) is 8. The van der Waals surface area contributed by atoms with Crippen molar-refractivity contribution in [2.24, 2.45) is 11.8 Å². The zero-order chi connectivity index (χ0) is 21.5. The van der Waals surface area contributed by atoms with Crippen LogP contribution < -0.4 is 10.6 Å². The summed E-state index contributed by atoms with van der Waals surface area (Å²) >= 11 is 0. The molecule has 8 N–H and O–H groups in total. The lowest BCUT2D eigenvalue weighted by molar-refractivity contribution is -0.150. The van der Waals surface area contributed by atoms with Crippen LogP contribution in [0.2, 0.25) is 0 Å². The number of carboxylic acids is 1. The Morgan fingerprint density at radius 3 is 1.63 bits per heavy atom. The molecule has 27 heavy (non-hydrogen) atoms. The van der Waals surface area contributed by atoms with Gasteiger partial charge in [0.25, 0.3) is 0 Å². The lowest BCUT2D eigenvalue weighted by atomic mass is 9.81. The fraction of sp³-hybridized carbons (Fsp3) is 0.600. The third-order valence-corrected chi connectivity index (χ3v) is 3.59. The van der Waals surface area contributed by atoms with Crippen LogP contribution in [0.25, 0.3) is 0 Å². The molecule has 0 saturated carbocycles. The summed E-state index contributed by atoms with van der Waals surface area (Å²) in [4.78, 5) is 44.4. The molecule has 5 atom stereocenters. The van der Waals surface area contributed by atoms with E-state index < -0.39 is 71.8 Å². The van der Waals surface area contributed by atoms with E-state index in [1.54, 1.807) is 0 Å². The predicted octanol–water partition coefficient (Wildman–Crippen LogP) is -2.41. The van der Waals surface area contributed by atoms with Crippen LogP contribution in [0, 0.1) is 22.7 Å². The summed E-state index contributed by atoms with van der Waals surface area (Å²) in [6.07, 6.45) is -6.26. The quantitative estimate of drug-likeness (QED) is 0.120. The van der Waals surface area contributed by atoms with Crippen LogP contribution in [0.4, 0.5) is 0 Å². The Hall–Kier alpha value is -2.70. The van der Waals surface area contributed by atoms with Crippen molar-refractivity contribution in [2.75, 3.05) is 0 Å². The van der Waals surface area contributed by atoms with Crippen LogP contribution in [0.1, 0.15) is 27.2 Å². The molecule has 0 aromatic heterocycles. The van der Waals surface area contributed by atoms with Crippen LogP contribution >= 0.6 is 0 Å². The number of amidine groups is 2. The van der Waals surface area contributed by atoms with Gasteiger partial charge in [0.2, 0.25) is 17.6 Å². The van der Waals surface area contributed by atoms with E-state index in [1.807, 2.05) is 5.32 Å². The van der Waals surface area contributed by atoms with Gasteiger partial charge in [-0.3, -0.25) is 25.2 Å². The number of hydrogen-bond acceptors (Lipinski definition) is 9. The van der Waals surface area contributed by atoms with Gasteiger partial charge in [0.15, 0.2) is 0 Å². The van der Waals surface area contributed by atoms with E-state index in [9.17, 15) is 34.5 Å². The van der Waals surface area contributed by atoms with Crippen LogP contribution in [-0.4, -0.2) is 74.0 Å². The smallest absolute Gasteiger partial charge is 0.372 e. The second kappa shape index (κ2) is 10.4. The first kappa shape index (κ1) is 24.3. The zero-order valence-corrected chi connectivity index (χ0v) is 15.0. The minimum atomic E-state index is -1.92. The molecule has 0 aromatic rings.